The van der Waals surface area contributed by atoms with E-state index in [9.17, 15) is 9.59 Å². The lowest BCUT2D eigenvalue weighted by molar-refractivity contribution is -0.154. The van der Waals surface area contributed by atoms with Crippen molar-refractivity contribution in [1.82, 2.24) is 9.88 Å². The van der Waals surface area contributed by atoms with Gasteiger partial charge in [-0.25, -0.2) is 4.79 Å². The van der Waals surface area contributed by atoms with Gasteiger partial charge >= 0.3 is 5.97 Å². The van der Waals surface area contributed by atoms with Crippen LogP contribution in [0.15, 0.2) is 18.5 Å². The van der Waals surface area contributed by atoms with Crippen LogP contribution >= 0.6 is 11.6 Å². The molecule has 0 saturated carbocycles. The molecule has 1 amide bonds. The van der Waals surface area contributed by atoms with Gasteiger partial charge in [-0.15, -0.1) is 0 Å². The monoisotopic (exact) mass is 270 g/mol. The Labute approximate surface area is 108 Å². The maximum absolute atomic E-state index is 12.2. The number of hydrogen-bond acceptors (Lipinski definition) is 4. The number of aliphatic carboxylic acids is 1. The van der Waals surface area contributed by atoms with Crippen LogP contribution in [-0.4, -0.2) is 52.7 Å². The van der Waals surface area contributed by atoms with Crippen molar-refractivity contribution in [1.29, 1.82) is 0 Å². The smallest absolute Gasteiger partial charge is 0.334 e. The van der Waals surface area contributed by atoms with Gasteiger partial charge in [-0.1, -0.05) is 11.6 Å². The Balaban J connectivity index is 2.14. The number of aromatic nitrogens is 1. The molecule has 2 heterocycles. The van der Waals surface area contributed by atoms with Crippen LogP contribution in [-0.2, 0) is 9.53 Å². The molecule has 1 aromatic rings. The fraction of sp³-hybridized carbons (Fsp3) is 0.364. The normalized spacial score (nSPS) is 19.6. The molecular weight excluding hydrogens is 260 g/mol. The first-order valence-corrected chi connectivity index (χ1v) is 5.70. The van der Waals surface area contributed by atoms with E-state index in [0.29, 0.717) is 12.1 Å². The summed E-state index contributed by atoms with van der Waals surface area (Å²) in [5.41, 5.74) is 0.317. The van der Waals surface area contributed by atoms with E-state index < -0.39 is 12.1 Å². The van der Waals surface area contributed by atoms with Crippen molar-refractivity contribution in [3.05, 3.63) is 29.0 Å². The van der Waals surface area contributed by atoms with Gasteiger partial charge < -0.3 is 14.7 Å². The van der Waals surface area contributed by atoms with Crippen LogP contribution in [0, 0.1) is 0 Å². The van der Waals surface area contributed by atoms with Crippen LogP contribution < -0.4 is 0 Å². The Hall–Kier alpha value is -1.66. The van der Waals surface area contributed by atoms with E-state index in [1.807, 2.05) is 0 Å². The zero-order valence-corrected chi connectivity index (χ0v) is 10.1. The Bertz CT molecular complexity index is 480. The minimum absolute atomic E-state index is 0.0207. The minimum Gasteiger partial charge on any atom is -0.479 e. The second-order valence-corrected chi connectivity index (χ2v) is 4.21. The first-order chi connectivity index (χ1) is 8.59. The molecule has 2 rings (SSSR count). The molecule has 1 saturated heterocycles. The number of amides is 1. The fourth-order valence-electron chi connectivity index (χ4n) is 1.70. The van der Waals surface area contributed by atoms with Crippen molar-refractivity contribution >= 4 is 23.5 Å². The highest BCUT2D eigenvalue weighted by Crippen LogP contribution is 2.17. The van der Waals surface area contributed by atoms with Crippen molar-refractivity contribution < 1.29 is 19.4 Å². The number of rotatable bonds is 2. The molecule has 1 atom stereocenters. The molecule has 0 aromatic carbocycles. The number of hydrogen-bond donors (Lipinski definition) is 1. The Morgan fingerprint density at radius 2 is 2.33 bits per heavy atom. The zero-order valence-electron chi connectivity index (χ0n) is 9.38. The van der Waals surface area contributed by atoms with Crippen LogP contribution in [0.3, 0.4) is 0 Å². The van der Waals surface area contributed by atoms with Gasteiger partial charge in [0, 0.05) is 18.9 Å². The van der Waals surface area contributed by atoms with Crippen molar-refractivity contribution in [3.8, 4) is 0 Å². The van der Waals surface area contributed by atoms with Gasteiger partial charge in [0.2, 0.25) is 0 Å². The predicted molar refractivity (Wildman–Crippen MR) is 62.5 cm³/mol. The molecule has 0 radical (unpaired) electrons. The Morgan fingerprint density at radius 3 is 3.00 bits per heavy atom. The van der Waals surface area contributed by atoms with E-state index in [1.165, 1.54) is 23.4 Å². The van der Waals surface area contributed by atoms with E-state index in [-0.39, 0.29) is 24.1 Å². The van der Waals surface area contributed by atoms with Crippen molar-refractivity contribution in [2.75, 3.05) is 19.7 Å². The lowest BCUT2D eigenvalue weighted by Crippen LogP contribution is -2.48. The summed E-state index contributed by atoms with van der Waals surface area (Å²) in [6.45, 7) is 0.569. The third-order valence-electron chi connectivity index (χ3n) is 2.63. The number of carbonyl (C=O) groups excluding carboxylic acids is 1. The number of carboxylic acids is 1. The summed E-state index contributed by atoms with van der Waals surface area (Å²) in [4.78, 5) is 28.2. The molecule has 1 aliphatic rings. The van der Waals surface area contributed by atoms with Gasteiger partial charge in [0.15, 0.2) is 6.10 Å². The first-order valence-electron chi connectivity index (χ1n) is 5.33. The van der Waals surface area contributed by atoms with Gasteiger partial charge in [0.05, 0.1) is 23.7 Å². The summed E-state index contributed by atoms with van der Waals surface area (Å²) >= 11 is 5.88. The van der Waals surface area contributed by atoms with Crippen molar-refractivity contribution in [2.24, 2.45) is 0 Å². The van der Waals surface area contributed by atoms with Crippen molar-refractivity contribution in [3.63, 3.8) is 0 Å². The summed E-state index contributed by atoms with van der Waals surface area (Å²) in [7, 11) is 0. The lowest BCUT2D eigenvalue weighted by Gasteiger charge is -2.31. The molecule has 1 aromatic heterocycles. The summed E-state index contributed by atoms with van der Waals surface area (Å²) in [6.07, 6.45) is 1.86. The number of ether oxygens (including phenoxy) is 1. The van der Waals surface area contributed by atoms with E-state index in [1.54, 1.807) is 0 Å². The SMILES string of the molecule is O=C(O)C1CN(C(=O)c2ccncc2Cl)CCO1. The third kappa shape index (κ3) is 2.60. The first kappa shape index (κ1) is 12.8. The third-order valence-corrected chi connectivity index (χ3v) is 2.93. The number of nitrogens with zero attached hydrogens (tertiary/aromatic N) is 2. The van der Waals surface area contributed by atoms with Gasteiger partial charge in [0.25, 0.3) is 5.91 Å². The van der Waals surface area contributed by atoms with Crippen LogP contribution in [0.1, 0.15) is 10.4 Å². The average Bonchev–Trinajstić information content (AvgIpc) is 2.38. The van der Waals surface area contributed by atoms with Gasteiger partial charge in [0.1, 0.15) is 0 Å². The molecule has 0 spiro atoms. The molecule has 1 fully saturated rings. The minimum atomic E-state index is -1.08. The molecule has 6 nitrogen and oxygen atoms in total. The standard InChI is InChI=1S/C11H11ClN2O4/c12-8-5-13-2-1-7(8)10(15)14-3-4-18-9(6-14)11(16)17/h1-2,5,9H,3-4,6H2,(H,16,17). The molecule has 1 N–H and O–H groups in total. The maximum Gasteiger partial charge on any atom is 0.334 e. The van der Waals surface area contributed by atoms with Crippen LogP contribution in [0.5, 0.6) is 0 Å². The van der Waals surface area contributed by atoms with Crippen molar-refractivity contribution in [2.45, 2.75) is 6.10 Å². The Kier molecular flexibility index (Phi) is 3.78. The average molecular weight is 271 g/mol. The summed E-state index contributed by atoms with van der Waals surface area (Å²) in [5.74, 6) is -1.38. The lowest BCUT2D eigenvalue weighted by atomic mass is 10.2. The largest absolute Gasteiger partial charge is 0.479 e. The fourth-order valence-corrected chi connectivity index (χ4v) is 1.90. The highest BCUT2D eigenvalue weighted by molar-refractivity contribution is 6.33. The quantitative estimate of drug-likeness (QED) is 0.854. The number of halogens is 1. The number of carboxylic acid groups (broad SMARTS) is 1. The molecule has 18 heavy (non-hydrogen) atoms. The molecule has 7 heteroatoms. The van der Waals surface area contributed by atoms with E-state index >= 15 is 0 Å². The second kappa shape index (κ2) is 5.32. The van der Waals surface area contributed by atoms with Gasteiger partial charge in [-0.05, 0) is 6.07 Å². The van der Waals surface area contributed by atoms with E-state index in [2.05, 4.69) is 4.98 Å². The molecule has 1 aliphatic heterocycles. The van der Waals surface area contributed by atoms with Gasteiger partial charge in [-0.3, -0.25) is 9.78 Å². The summed E-state index contributed by atoms with van der Waals surface area (Å²) in [5, 5.41) is 9.11. The molecule has 0 aliphatic carbocycles. The number of morpholine rings is 1. The molecule has 1 unspecified atom stereocenters. The Morgan fingerprint density at radius 1 is 1.56 bits per heavy atom. The highest BCUT2D eigenvalue weighted by Gasteiger charge is 2.30. The zero-order chi connectivity index (χ0) is 13.1. The second-order valence-electron chi connectivity index (χ2n) is 3.80. The van der Waals surface area contributed by atoms with Crippen LogP contribution in [0.25, 0.3) is 0 Å². The predicted octanol–water partition coefficient (Wildman–Crippen LogP) is 0.661. The highest BCUT2D eigenvalue weighted by atomic mass is 35.5. The van der Waals surface area contributed by atoms with E-state index in [0.717, 1.165) is 0 Å². The van der Waals surface area contributed by atoms with Gasteiger partial charge in [-0.2, -0.15) is 0 Å². The summed E-state index contributed by atoms with van der Waals surface area (Å²) < 4.78 is 5.05. The number of carbonyl (C=O) groups is 2. The molecular formula is C11H11ClN2O4. The van der Waals surface area contributed by atoms with Crippen LogP contribution in [0.4, 0.5) is 0 Å². The topological polar surface area (TPSA) is 79.7 Å². The van der Waals surface area contributed by atoms with Crippen LogP contribution in [0.2, 0.25) is 5.02 Å². The van der Waals surface area contributed by atoms with E-state index in [4.69, 9.17) is 21.4 Å². The molecule has 0 bridgehead atoms. The maximum atomic E-state index is 12.2. The molecule has 96 valence electrons. The summed E-state index contributed by atoms with van der Waals surface area (Å²) in [6, 6.07) is 1.51. The number of pyridine rings is 1.